The van der Waals surface area contributed by atoms with Crippen LogP contribution in [0.1, 0.15) is 13.8 Å². The van der Waals surface area contributed by atoms with E-state index < -0.39 is 11.5 Å². The monoisotopic (exact) mass is 116 g/mol. The molecule has 0 aliphatic carbocycles. The molecule has 1 atom stereocenters. The Hall–Kier alpha value is -0.570. The summed E-state index contributed by atoms with van der Waals surface area (Å²) in [5.41, 5.74) is 3.32. The third-order valence-corrected chi connectivity index (χ3v) is 1.06. The second-order valence-corrected chi connectivity index (χ2v) is 1.80. The van der Waals surface area contributed by atoms with Crippen LogP contribution < -0.4 is 5.73 Å². The van der Waals surface area contributed by atoms with Gasteiger partial charge in [-0.15, -0.1) is 0 Å². The van der Waals surface area contributed by atoms with Crippen LogP contribution in [0.15, 0.2) is 0 Å². The highest BCUT2D eigenvalue weighted by molar-refractivity contribution is 5.84. The Bertz CT molecular complexity index is 98.6. The molecule has 0 aromatic rings. The van der Waals surface area contributed by atoms with Crippen LogP contribution >= 0.6 is 0 Å². The summed E-state index contributed by atoms with van der Waals surface area (Å²) in [7, 11) is 0. The van der Waals surface area contributed by atoms with Gasteiger partial charge in [0.1, 0.15) is 5.60 Å². The van der Waals surface area contributed by atoms with Gasteiger partial charge in [0.2, 0.25) is 5.91 Å². The van der Waals surface area contributed by atoms with E-state index in [4.69, 9.17) is 10.8 Å². The predicted octanol–water partition coefficient (Wildman–Crippen LogP) is -0.553. The molecule has 0 bridgehead atoms. The smallest absolute Gasteiger partial charge is 0.249 e. The van der Waals surface area contributed by atoms with E-state index >= 15 is 0 Å². The van der Waals surface area contributed by atoms with Gasteiger partial charge in [0.15, 0.2) is 0 Å². The summed E-state index contributed by atoms with van der Waals surface area (Å²) >= 11 is 0. The van der Waals surface area contributed by atoms with Crippen molar-refractivity contribution in [3.63, 3.8) is 0 Å². The van der Waals surface area contributed by atoms with Gasteiger partial charge in [0.05, 0.1) is 0 Å². The first-order valence-corrected chi connectivity index (χ1v) is 2.33. The van der Waals surface area contributed by atoms with Crippen molar-refractivity contribution >= 4 is 5.91 Å². The maximum atomic E-state index is 10.2. The Morgan fingerprint density at radius 1 is 1.88 bits per heavy atom. The second kappa shape index (κ2) is 2.13. The van der Waals surface area contributed by atoms with Crippen molar-refractivity contribution in [1.82, 2.24) is 0 Å². The van der Waals surface area contributed by atoms with Gasteiger partial charge in [0, 0.05) is 0 Å². The largest absolute Gasteiger partial charge is 0.380 e. The normalized spacial score (nSPS) is 17.4. The molecule has 3 nitrogen and oxygen atoms in total. The van der Waals surface area contributed by atoms with Gasteiger partial charge in [-0.05, 0) is 13.3 Å². The summed E-state index contributed by atoms with van der Waals surface area (Å²) in [6.07, 6.45) is 1.34. The van der Waals surface area contributed by atoms with Crippen molar-refractivity contribution < 1.29 is 9.90 Å². The Kier molecular flexibility index (Phi) is 1.98. The van der Waals surface area contributed by atoms with Crippen molar-refractivity contribution in [2.75, 3.05) is 0 Å². The molecular weight excluding hydrogens is 106 g/mol. The molecular formula is C5H10NO2. The van der Waals surface area contributed by atoms with Crippen LogP contribution in [0.25, 0.3) is 0 Å². The molecule has 0 aromatic carbocycles. The fourth-order valence-electron chi connectivity index (χ4n) is 0.142. The molecule has 0 heterocycles. The molecule has 8 heavy (non-hydrogen) atoms. The minimum atomic E-state index is -1.44. The van der Waals surface area contributed by atoms with Crippen LogP contribution in [0.5, 0.6) is 0 Å². The molecule has 0 aromatic heterocycles. The van der Waals surface area contributed by atoms with Crippen molar-refractivity contribution in [3.05, 3.63) is 6.42 Å². The van der Waals surface area contributed by atoms with Crippen LogP contribution in [0, 0.1) is 6.42 Å². The third-order valence-electron chi connectivity index (χ3n) is 1.06. The highest BCUT2D eigenvalue weighted by Gasteiger charge is 2.24. The molecule has 3 heteroatoms. The Morgan fingerprint density at radius 3 is 2.25 bits per heavy atom. The lowest BCUT2D eigenvalue weighted by molar-refractivity contribution is -0.131. The Balaban J connectivity index is 3.91. The van der Waals surface area contributed by atoms with E-state index in [1.165, 1.54) is 13.3 Å². The number of carbonyl (C=O) groups excluding carboxylic acids is 1. The zero-order valence-electron chi connectivity index (χ0n) is 5.01. The van der Waals surface area contributed by atoms with Crippen LogP contribution in [0.2, 0.25) is 0 Å². The first-order valence-electron chi connectivity index (χ1n) is 2.33. The van der Waals surface area contributed by atoms with Gasteiger partial charge >= 0.3 is 0 Å². The van der Waals surface area contributed by atoms with Crippen molar-refractivity contribution in [2.24, 2.45) is 5.73 Å². The number of aliphatic hydroxyl groups is 1. The van der Waals surface area contributed by atoms with E-state index in [2.05, 4.69) is 0 Å². The number of hydrogen-bond acceptors (Lipinski definition) is 2. The summed E-state index contributed by atoms with van der Waals surface area (Å²) in [4.78, 5) is 10.2. The minimum absolute atomic E-state index is 0.722. The van der Waals surface area contributed by atoms with Gasteiger partial charge in [-0.2, -0.15) is 0 Å². The number of rotatable bonds is 2. The summed E-state index contributed by atoms with van der Waals surface area (Å²) in [6.45, 7) is 2.92. The molecule has 0 fully saturated rings. The average Bonchev–Trinajstić information content (AvgIpc) is 1.67. The van der Waals surface area contributed by atoms with E-state index in [0.29, 0.717) is 0 Å². The fourth-order valence-corrected chi connectivity index (χ4v) is 0.142. The van der Waals surface area contributed by atoms with Gasteiger partial charge < -0.3 is 10.8 Å². The summed E-state index contributed by atoms with van der Waals surface area (Å²) in [5, 5.41) is 8.87. The molecule has 1 amide bonds. The highest BCUT2D eigenvalue weighted by atomic mass is 16.3. The number of amides is 1. The van der Waals surface area contributed by atoms with Crippen molar-refractivity contribution in [3.8, 4) is 0 Å². The van der Waals surface area contributed by atoms with E-state index in [1.54, 1.807) is 6.92 Å². The van der Waals surface area contributed by atoms with Crippen LogP contribution in [0.4, 0.5) is 0 Å². The average molecular weight is 116 g/mol. The SMILES string of the molecule is C[CH]C(C)(O)C(N)=O. The topological polar surface area (TPSA) is 63.3 Å². The maximum Gasteiger partial charge on any atom is 0.249 e. The molecule has 0 saturated heterocycles. The highest BCUT2D eigenvalue weighted by Crippen LogP contribution is 2.03. The molecule has 0 aliphatic heterocycles. The zero-order chi connectivity index (χ0) is 6.78. The van der Waals surface area contributed by atoms with E-state index in [0.717, 1.165) is 0 Å². The molecule has 0 aliphatic rings. The number of primary amides is 1. The molecule has 0 spiro atoms. The van der Waals surface area contributed by atoms with Crippen molar-refractivity contribution in [1.29, 1.82) is 0 Å². The van der Waals surface area contributed by atoms with E-state index in [-0.39, 0.29) is 0 Å². The maximum absolute atomic E-state index is 10.2. The Morgan fingerprint density at radius 2 is 2.25 bits per heavy atom. The van der Waals surface area contributed by atoms with Gasteiger partial charge in [-0.25, -0.2) is 0 Å². The summed E-state index contributed by atoms with van der Waals surface area (Å²) in [5.74, 6) is -0.722. The predicted molar refractivity (Wildman–Crippen MR) is 29.8 cm³/mol. The van der Waals surface area contributed by atoms with Gasteiger partial charge in [-0.1, -0.05) is 6.92 Å². The molecule has 3 N–H and O–H groups in total. The summed E-state index contributed by atoms with van der Waals surface area (Å²) in [6, 6.07) is 0. The quantitative estimate of drug-likeness (QED) is 0.508. The standard InChI is InChI=1S/C5H10NO2/c1-3-5(2,8)4(6)7/h3,8H,1-2H3,(H2,6,7). The van der Waals surface area contributed by atoms with E-state index in [9.17, 15) is 4.79 Å². The lowest BCUT2D eigenvalue weighted by atomic mass is 10.0. The Labute approximate surface area is 48.5 Å². The molecule has 0 rings (SSSR count). The van der Waals surface area contributed by atoms with Gasteiger partial charge in [-0.3, -0.25) is 4.79 Å². The van der Waals surface area contributed by atoms with Crippen LogP contribution in [-0.2, 0) is 4.79 Å². The van der Waals surface area contributed by atoms with Crippen LogP contribution in [-0.4, -0.2) is 16.6 Å². The lowest BCUT2D eigenvalue weighted by Gasteiger charge is -2.14. The van der Waals surface area contributed by atoms with Gasteiger partial charge in [0.25, 0.3) is 0 Å². The first kappa shape index (κ1) is 7.43. The number of carbonyl (C=O) groups is 1. The second-order valence-electron chi connectivity index (χ2n) is 1.80. The number of hydrogen-bond donors (Lipinski definition) is 2. The fraction of sp³-hybridized carbons (Fsp3) is 0.600. The number of nitrogens with two attached hydrogens (primary N) is 1. The van der Waals surface area contributed by atoms with Crippen molar-refractivity contribution in [2.45, 2.75) is 19.4 Å². The summed E-state index contributed by atoms with van der Waals surface area (Å²) < 4.78 is 0. The third kappa shape index (κ3) is 1.50. The molecule has 1 radical (unpaired) electrons. The van der Waals surface area contributed by atoms with Crippen LogP contribution in [0.3, 0.4) is 0 Å². The lowest BCUT2D eigenvalue weighted by Crippen LogP contribution is -2.40. The molecule has 0 saturated carbocycles. The van der Waals surface area contributed by atoms with E-state index in [1.807, 2.05) is 0 Å². The first-order chi connectivity index (χ1) is 3.50. The zero-order valence-corrected chi connectivity index (χ0v) is 5.01. The molecule has 1 unspecified atom stereocenters. The molecule has 47 valence electrons. The minimum Gasteiger partial charge on any atom is -0.380 e.